The molecule has 2 unspecified atom stereocenters. The molecule has 3 N–H and O–H groups in total. The predicted molar refractivity (Wildman–Crippen MR) is 80.9 cm³/mol. The molecule has 0 spiro atoms. The zero-order valence-electron chi connectivity index (χ0n) is 12.6. The topological polar surface area (TPSA) is 47.3 Å². The van der Waals surface area contributed by atoms with E-state index in [0.29, 0.717) is 5.92 Å². The average molecular weight is 264 g/mol. The van der Waals surface area contributed by atoms with Gasteiger partial charge in [0.1, 0.15) is 0 Å². The molecular weight excluding hydrogens is 236 g/mol. The molecule has 19 heavy (non-hydrogen) atoms. The molecule has 1 aromatic rings. The van der Waals surface area contributed by atoms with E-state index in [-0.39, 0.29) is 11.6 Å². The number of nitrogens with one attached hydrogen (secondary N) is 1. The molecule has 0 aliphatic carbocycles. The highest BCUT2D eigenvalue weighted by Crippen LogP contribution is 2.27. The van der Waals surface area contributed by atoms with E-state index in [1.54, 1.807) is 7.11 Å². The van der Waals surface area contributed by atoms with Crippen LogP contribution in [0.3, 0.4) is 0 Å². The zero-order chi connectivity index (χ0) is 14.3. The Morgan fingerprint density at radius 3 is 2.37 bits per heavy atom. The molecule has 0 aliphatic heterocycles. The summed E-state index contributed by atoms with van der Waals surface area (Å²) in [6.45, 7) is 6.44. The summed E-state index contributed by atoms with van der Waals surface area (Å²) in [5.74, 6) is 6.21. The third-order valence-corrected chi connectivity index (χ3v) is 3.98. The number of methoxy groups -OCH3 is 1. The highest BCUT2D eigenvalue weighted by atomic mass is 16.5. The number of hydrazine groups is 1. The van der Waals surface area contributed by atoms with Gasteiger partial charge in [0.15, 0.2) is 0 Å². The van der Waals surface area contributed by atoms with Gasteiger partial charge < -0.3 is 4.74 Å². The van der Waals surface area contributed by atoms with Crippen LogP contribution in [0, 0.1) is 0 Å². The van der Waals surface area contributed by atoms with E-state index in [0.717, 1.165) is 19.3 Å². The van der Waals surface area contributed by atoms with Crippen molar-refractivity contribution in [1.29, 1.82) is 0 Å². The van der Waals surface area contributed by atoms with Crippen LogP contribution in [0.5, 0.6) is 0 Å². The molecule has 0 saturated carbocycles. The van der Waals surface area contributed by atoms with Crippen LogP contribution in [0.25, 0.3) is 0 Å². The maximum absolute atomic E-state index is 5.77. The van der Waals surface area contributed by atoms with Crippen molar-refractivity contribution in [3.8, 4) is 0 Å². The SMILES string of the molecule is CCC(c1ccccc1)C(CCC(C)(C)OC)NN. The van der Waals surface area contributed by atoms with Gasteiger partial charge in [-0.3, -0.25) is 11.3 Å². The number of nitrogens with two attached hydrogens (primary N) is 1. The lowest BCUT2D eigenvalue weighted by Gasteiger charge is -2.30. The number of hydrogen-bond donors (Lipinski definition) is 2. The van der Waals surface area contributed by atoms with Crippen molar-refractivity contribution in [2.45, 2.75) is 57.6 Å². The van der Waals surface area contributed by atoms with Crippen molar-refractivity contribution < 1.29 is 4.74 Å². The highest BCUT2D eigenvalue weighted by molar-refractivity contribution is 5.21. The van der Waals surface area contributed by atoms with Crippen LogP contribution in [0.2, 0.25) is 0 Å². The predicted octanol–water partition coefficient (Wildman–Crippen LogP) is 3.22. The molecular formula is C16H28N2O. The monoisotopic (exact) mass is 264 g/mol. The van der Waals surface area contributed by atoms with E-state index in [9.17, 15) is 0 Å². The number of benzene rings is 1. The Bertz CT molecular complexity index is 351. The third kappa shape index (κ3) is 4.94. The minimum atomic E-state index is -0.0932. The van der Waals surface area contributed by atoms with Crippen LogP contribution in [0.1, 0.15) is 51.5 Å². The first-order valence-corrected chi connectivity index (χ1v) is 7.10. The Morgan fingerprint density at radius 1 is 1.26 bits per heavy atom. The molecule has 0 bridgehead atoms. The number of ether oxygens (including phenoxy) is 1. The van der Waals surface area contributed by atoms with Crippen molar-refractivity contribution in [3.63, 3.8) is 0 Å². The van der Waals surface area contributed by atoms with Crippen LogP contribution < -0.4 is 11.3 Å². The van der Waals surface area contributed by atoms with Crippen molar-refractivity contribution in [2.75, 3.05) is 7.11 Å². The summed E-state index contributed by atoms with van der Waals surface area (Å²) in [7, 11) is 1.76. The Balaban J connectivity index is 2.71. The van der Waals surface area contributed by atoms with Gasteiger partial charge in [0.25, 0.3) is 0 Å². The first-order chi connectivity index (χ1) is 9.04. The molecule has 3 nitrogen and oxygen atoms in total. The van der Waals surface area contributed by atoms with Crippen LogP contribution >= 0.6 is 0 Å². The second-order valence-corrected chi connectivity index (χ2v) is 5.70. The Labute approximate surface area is 117 Å². The molecule has 3 heteroatoms. The molecule has 0 aliphatic rings. The fourth-order valence-electron chi connectivity index (χ4n) is 2.46. The molecule has 0 fully saturated rings. The van der Waals surface area contributed by atoms with Crippen molar-refractivity contribution in [3.05, 3.63) is 35.9 Å². The summed E-state index contributed by atoms with van der Waals surface area (Å²) in [5.41, 5.74) is 4.25. The summed E-state index contributed by atoms with van der Waals surface area (Å²) in [4.78, 5) is 0. The normalized spacial score (nSPS) is 15.2. The molecule has 0 amide bonds. The van der Waals surface area contributed by atoms with E-state index in [1.807, 2.05) is 0 Å². The Morgan fingerprint density at radius 2 is 1.89 bits per heavy atom. The van der Waals surface area contributed by atoms with Gasteiger partial charge in [-0.15, -0.1) is 0 Å². The van der Waals surface area contributed by atoms with E-state index in [4.69, 9.17) is 10.6 Å². The standard InChI is InChI=1S/C16H28N2O/c1-5-14(13-9-7-6-8-10-13)15(18-17)11-12-16(2,3)19-4/h6-10,14-15,18H,5,11-12,17H2,1-4H3. The minimum absolute atomic E-state index is 0.0932. The van der Waals surface area contributed by atoms with E-state index in [2.05, 4.69) is 56.5 Å². The first kappa shape index (κ1) is 16.2. The molecule has 0 saturated heterocycles. The maximum atomic E-state index is 5.77. The van der Waals surface area contributed by atoms with Crippen molar-refractivity contribution >= 4 is 0 Å². The number of rotatable bonds is 8. The van der Waals surface area contributed by atoms with Gasteiger partial charge >= 0.3 is 0 Å². The molecule has 0 heterocycles. The van der Waals surface area contributed by atoms with Gasteiger partial charge in [-0.1, -0.05) is 37.3 Å². The quantitative estimate of drug-likeness (QED) is 0.560. The summed E-state index contributed by atoms with van der Waals surface area (Å²) in [6.07, 6.45) is 3.07. The van der Waals surface area contributed by atoms with Gasteiger partial charge in [0.2, 0.25) is 0 Å². The third-order valence-electron chi connectivity index (χ3n) is 3.98. The van der Waals surface area contributed by atoms with Gasteiger partial charge in [-0.2, -0.15) is 0 Å². The molecule has 2 atom stereocenters. The highest BCUT2D eigenvalue weighted by Gasteiger charge is 2.24. The van der Waals surface area contributed by atoms with Crippen LogP contribution in [-0.2, 0) is 4.74 Å². The Hall–Kier alpha value is -0.900. The summed E-state index contributed by atoms with van der Waals surface area (Å²) in [6, 6.07) is 10.9. The zero-order valence-corrected chi connectivity index (χ0v) is 12.6. The van der Waals surface area contributed by atoms with E-state index >= 15 is 0 Å². The van der Waals surface area contributed by atoms with Crippen LogP contribution in [0.4, 0.5) is 0 Å². The maximum Gasteiger partial charge on any atom is 0.0623 e. The van der Waals surface area contributed by atoms with Crippen LogP contribution in [0.15, 0.2) is 30.3 Å². The fourth-order valence-corrected chi connectivity index (χ4v) is 2.46. The smallest absolute Gasteiger partial charge is 0.0623 e. The molecule has 1 rings (SSSR count). The minimum Gasteiger partial charge on any atom is -0.379 e. The lowest BCUT2D eigenvalue weighted by Crippen LogP contribution is -2.41. The van der Waals surface area contributed by atoms with Gasteiger partial charge in [-0.05, 0) is 38.7 Å². The summed E-state index contributed by atoms with van der Waals surface area (Å²) < 4.78 is 5.48. The van der Waals surface area contributed by atoms with Gasteiger partial charge in [-0.25, -0.2) is 0 Å². The second-order valence-electron chi connectivity index (χ2n) is 5.70. The van der Waals surface area contributed by atoms with E-state index in [1.165, 1.54) is 5.56 Å². The molecule has 0 aromatic heterocycles. The summed E-state index contributed by atoms with van der Waals surface area (Å²) in [5, 5.41) is 0. The largest absolute Gasteiger partial charge is 0.379 e. The average Bonchev–Trinajstić information content (AvgIpc) is 2.44. The van der Waals surface area contributed by atoms with Crippen molar-refractivity contribution in [2.24, 2.45) is 5.84 Å². The second kappa shape index (κ2) is 7.63. The van der Waals surface area contributed by atoms with Crippen molar-refractivity contribution in [1.82, 2.24) is 5.43 Å². The molecule has 1 aromatic carbocycles. The Kier molecular flexibility index (Phi) is 6.49. The first-order valence-electron chi connectivity index (χ1n) is 7.10. The lowest BCUT2D eigenvalue weighted by atomic mass is 9.85. The molecule has 108 valence electrons. The summed E-state index contributed by atoms with van der Waals surface area (Å²) >= 11 is 0. The van der Waals surface area contributed by atoms with Gasteiger partial charge in [0.05, 0.1) is 5.60 Å². The lowest BCUT2D eigenvalue weighted by molar-refractivity contribution is 0.0110. The molecule has 0 radical (unpaired) electrons. The van der Waals surface area contributed by atoms with Crippen LogP contribution in [-0.4, -0.2) is 18.8 Å². The number of hydrogen-bond acceptors (Lipinski definition) is 3. The van der Waals surface area contributed by atoms with Gasteiger partial charge in [0, 0.05) is 19.1 Å². The van der Waals surface area contributed by atoms with E-state index < -0.39 is 0 Å². The fraction of sp³-hybridized carbons (Fsp3) is 0.625.